The van der Waals surface area contributed by atoms with Crippen LogP contribution in [0.1, 0.15) is 5.56 Å². The van der Waals surface area contributed by atoms with Crippen LogP contribution in [0, 0.1) is 0 Å². The average Bonchev–Trinajstić information content (AvgIpc) is 2.66. The maximum Gasteiger partial charge on any atom is 0.118 e. The van der Waals surface area contributed by atoms with Gasteiger partial charge in [-0.1, -0.05) is 23.7 Å². The average molecular weight is 225 g/mol. The van der Waals surface area contributed by atoms with Crippen molar-refractivity contribution in [2.75, 3.05) is 13.7 Å². The van der Waals surface area contributed by atoms with Crippen LogP contribution in [0.25, 0.3) is 0 Å². The quantitative estimate of drug-likeness (QED) is 0.796. The van der Waals surface area contributed by atoms with Gasteiger partial charge in [-0.05, 0) is 23.8 Å². The van der Waals surface area contributed by atoms with E-state index in [4.69, 9.17) is 16.3 Å². The number of rotatable bonds is 3. The van der Waals surface area contributed by atoms with E-state index in [1.54, 1.807) is 7.11 Å². The van der Waals surface area contributed by atoms with Crippen molar-refractivity contribution in [1.82, 2.24) is 10.4 Å². The van der Waals surface area contributed by atoms with Gasteiger partial charge in [0.1, 0.15) is 10.9 Å². The van der Waals surface area contributed by atoms with Gasteiger partial charge in [0.25, 0.3) is 0 Å². The van der Waals surface area contributed by atoms with Crippen molar-refractivity contribution in [3.8, 4) is 5.75 Å². The fourth-order valence-corrected chi connectivity index (χ4v) is 1.67. The van der Waals surface area contributed by atoms with Crippen molar-refractivity contribution in [3.05, 3.63) is 41.1 Å². The highest BCUT2D eigenvalue weighted by atomic mass is 35.5. The smallest absolute Gasteiger partial charge is 0.118 e. The van der Waals surface area contributed by atoms with Crippen molar-refractivity contribution in [2.24, 2.45) is 0 Å². The Labute approximate surface area is 94.3 Å². The van der Waals surface area contributed by atoms with Crippen LogP contribution in [0.2, 0.25) is 0 Å². The third kappa shape index (κ3) is 2.43. The molecule has 4 heteroatoms. The first-order valence-electron chi connectivity index (χ1n) is 4.79. The predicted molar refractivity (Wildman–Crippen MR) is 60.5 cm³/mol. The summed E-state index contributed by atoms with van der Waals surface area (Å²) in [7, 11) is 1.66. The van der Waals surface area contributed by atoms with Gasteiger partial charge in [-0.2, -0.15) is 0 Å². The van der Waals surface area contributed by atoms with Crippen molar-refractivity contribution in [1.29, 1.82) is 0 Å². The molecule has 1 aromatic carbocycles. The van der Waals surface area contributed by atoms with Crippen LogP contribution >= 0.6 is 11.6 Å². The highest BCUT2D eigenvalue weighted by Crippen LogP contribution is 2.17. The molecule has 0 saturated carbocycles. The highest BCUT2D eigenvalue weighted by molar-refractivity contribution is 6.29. The Morgan fingerprint density at radius 3 is 2.67 bits per heavy atom. The molecule has 2 rings (SSSR count). The van der Waals surface area contributed by atoms with Gasteiger partial charge in [0.15, 0.2) is 0 Å². The first-order chi connectivity index (χ1) is 7.29. The molecule has 1 N–H and O–H groups in total. The van der Waals surface area contributed by atoms with Gasteiger partial charge in [-0.15, -0.1) is 0 Å². The lowest BCUT2D eigenvalue weighted by molar-refractivity contribution is 0.289. The Bertz CT molecular complexity index is 361. The Morgan fingerprint density at radius 1 is 1.40 bits per heavy atom. The molecule has 0 unspecified atom stereocenters. The normalized spacial score (nSPS) is 15.3. The van der Waals surface area contributed by atoms with E-state index in [0.29, 0.717) is 0 Å². The summed E-state index contributed by atoms with van der Waals surface area (Å²) < 4.78 is 5.09. The number of hydrogen-bond acceptors (Lipinski definition) is 3. The summed E-state index contributed by atoms with van der Waals surface area (Å²) in [6.07, 6.45) is 1.95. The molecule has 0 spiro atoms. The summed E-state index contributed by atoms with van der Waals surface area (Å²) in [4.78, 5) is 0. The van der Waals surface area contributed by atoms with Gasteiger partial charge in [-0.25, -0.2) is 5.43 Å². The molecule has 0 bridgehead atoms. The number of benzene rings is 1. The zero-order valence-corrected chi connectivity index (χ0v) is 9.29. The topological polar surface area (TPSA) is 24.5 Å². The highest BCUT2D eigenvalue weighted by Gasteiger charge is 2.12. The monoisotopic (exact) mass is 224 g/mol. The van der Waals surface area contributed by atoms with E-state index in [9.17, 15) is 0 Å². The third-order valence-electron chi connectivity index (χ3n) is 2.31. The van der Waals surface area contributed by atoms with E-state index in [-0.39, 0.29) is 0 Å². The van der Waals surface area contributed by atoms with Gasteiger partial charge < -0.3 is 4.74 Å². The van der Waals surface area contributed by atoms with Crippen LogP contribution in [0.15, 0.2) is 35.5 Å². The maximum atomic E-state index is 5.99. The van der Waals surface area contributed by atoms with Gasteiger partial charge in [0, 0.05) is 6.54 Å². The number of hydrazine groups is 1. The largest absolute Gasteiger partial charge is 0.497 e. The second kappa shape index (κ2) is 4.55. The molecule has 1 aromatic rings. The molecule has 0 radical (unpaired) electrons. The molecule has 0 amide bonds. The summed E-state index contributed by atoms with van der Waals surface area (Å²) in [6, 6.07) is 7.96. The third-order valence-corrected chi connectivity index (χ3v) is 2.67. The van der Waals surface area contributed by atoms with Crippen molar-refractivity contribution < 1.29 is 4.74 Å². The van der Waals surface area contributed by atoms with E-state index in [1.807, 2.05) is 35.4 Å². The number of halogens is 1. The number of methoxy groups -OCH3 is 1. The molecule has 1 heterocycles. The fourth-order valence-electron chi connectivity index (χ4n) is 1.47. The van der Waals surface area contributed by atoms with Gasteiger partial charge >= 0.3 is 0 Å². The van der Waals surface area contributed by atoms with Crippen LogP contribution in [0.4, 0.5) is 0 Å². The van der Waals surface area contributed by atoms with Crippen LogP contribution in [-0.4, -0.2) is 18.7 Å². The molecule has 0 atom stereocenters. The lowest BCUT2D eigenvalue weighted by atomic mass is 10.2. The Balaban J connectivity index is 2.01. The number of nitrogens with one attached hydrogen (secondary N) is 1. The van der Waals surface area contributed by atoms with Crippen LogP contribution < -0.4 is 10.2 Å². The minimum atomic E-state index is 0.755. The molecule has 0 fully saturated rings. The fraction of sp³-hybridized carbons (Fsp3) is 0.273. The van der Waals surface area contributed by atoms with Crippen LogP contribution in [0.3, 0.4) is 0 Å². The van der Waals surface area contributed by atoms with E-state index in [0.717, 1.165) is 24.0 Å². The summed E-state index contributed by atoms with van der Waals surface area (Å²) in [5.41, 5.74) is 4.35. The summed E-state index contributed by atoms with van der Waals surface area (Å²) in [5, 5.41) is 2.68. The minimum Gasteiger partial charge on any atom is -0.497 e. The first-order valence-corrected chi connectivity index (χ1v) is 5.17. The summed E-state index contributed by atoms with van der Waals surface area (Å²) in [5.74, 6) is 0.870. The van der Waals surface area contributed by atoms with Gasteiger partial charge in [0.05, 0.1) is 13.7 Å². The van der Waals surface area contributed by atoms with Crippen LogP contribution in [-0.2, 0) is 6.54 Å². The standard InChI is InChI=1S/C11H13ClN2O/c1-15-10-4-2-9(3-5-10)8-14-11(12)6-7-13-14/h2-6,13H,7-8H2,1H3. The van der Waals surface area contributed by atoms with E-state index >= 15 is 0 Å². The number of ether oxygens (including phenoxy) is 1. The molecule has 80 valence electrons. The molecule has 1 aliphatic heterocycles. The van der Waals surface area contributed by atoms with Gasteiger partial charge in [-0.3, -0.25) is 5.01 Å². The molecular formula is C11H13ClN2O. The maximum absolute atomic E-state index is 5.99. The van der Waals surface area contributed by atoms with Crippen LogP contribution in [0.5, 0.6) is 5.75 Å². The molecule has 0 aliphatic carbocycles. The second-order valence-corrected chi connectivity index (χ2v) is 3.71. The summed E-state index contributed by atoms with van der Waals surface area (Å²) in [6.45, 7) is 1.56. The van der Waals surface area contributed by atoms with Gasteiger partial charge in [0.2, 0.25) is 0 Å². The lowest BCUT2D eigenvalue weighted by Gasteiger charge is -2.18. The number of hydrogen-bond donors (Lipinski definition) is 1. The summed E-state index contributed by atoms with van der Waals surface area (Å²) >= 11 is 5.99. The molecular weight excluding hydrogens is 212 g/mol. The lowest BCUT2D eigenvalue weighted by Crippen LogP contribution is -2.29. The molecule has 0 saturated heterocycles. The predicted octanol–water partition coefficient (Wildman–Crippen LogP) is 2.10. The minimum absolute atomic E-state index is 0.755. The Kier molecular flexibility index (Phi) is 3.14. The van der Waals surface area contributed by atoms with Crippen molar-refractivity contribution in [3.63, 3.8) is 0 Å². The second-order valence-electron chi connectivity index (χ2n) is 3.32. The molecule has 15 heavy (non-hydrogen) atoms. The first kappa shape index (κ1) is 10.3. The zero-order valence-electron chi connectivity index (χ0n) is 8.53. The van der Waals surface area contributed by atoms with E-state index in [1.165, 1.54) is 5.56 Å². The molecule has 1 aliphatic rings. The Hall–Kier alpha value is -1.19. The molecule has 3 nitrogen and oxygen atoms in total. The SMILES string of the molecule is COc1ccc(CN2NCC=C2Cl)cc1. The molecule has 0 aromatic heterocycles. The number of nitrogens with zero attached hydrogens (tertiary/aromatic N) is 1. The van der Waals surface area contributed by atoms with E-state index < -0.39 is 0 Å². The van der Waals surface area contributed by atoms with E-state index in [2.05, 4.69) is 5.43 Å². The Morgan fingerprint density at radius 2 is 2.13 bits per heavy atom. The zero-order chi connectivity index (χ0) is 10.7. The van der Waals surface area contributed by atoms with Crippen molar-refractivity contribution >= 4 is 11.6 Å². The van der Waals surface area contributed by atoms with Crippen molar-refractivity contribution in [2.45, 2.75) is 6.54 Å².